The minimum atomic E-state index is -3.96. The number of methoxy groups -OCH3 is 1. The third-order valence-electron chi connectivity index (χ3n) is 4.03. The Labute approximate surface area is 141 Å². The molecule has 2 aromatic rings. The second kappa shape index (κ2) is 6.16. The Balaban J connectivity index is 1.84. The lowest BCUT2D eigenvalue weighted by molar-refractivity contribution is 0.0981. The van der Waals surface area contributed by atoms with Crippen LogP contribution in [0.15, 0.2) is 42.5 Å². The predicted molar refractivity (Wildman–Crippen MR) is 91.6 cm³/mol. The third-order valence-corrected chi connectivity index (χ3v) is 5.43. The minimum Gasteiger partial charge on any atom is -0.496 e. The number of rotatable bonds is 4. The van der Waals surface area contributed by atoms with Crippen molar-refractivity contribution in [3.63, 3.8) is 0 Å². The third kappa shape index (κ3) is 2.94. The molecule has 126 valence electrons. The van der Waals surface area contributed by atoms with Crippen molar-refractivity contribution in [2.75, 3.05) is 18.0 Å². The Morgan fingerprint density at radius 1 is 1.21 bits per heavy atom. The number of hydrogen-bond acceptors (Lipinski definition) is 4. The summed E-state index contributed by atoms with van der Waals surface area (Å²) in [4.78, 5) is 12.3. The summed E-state index contributed by atoms with van der Waals surface area (Å²) < 4.78 is 33.7. The topological polar surface area (TPSA) is 75.7 Å². The van der Waals surface area contributed by atoms with Crippen LogP contribution in [0, 0.1) is 6.92 Å². The molecule has 2 aromatic carbocycles. The van der Waals surface area contributed by atoms with E-state index in [1.165, 1.54) is 17.5 Å². The van der Waals surface area contributed by atoms with Crippen LogP contribution in [0.25, 0.3) is 0 Å². The van der Waals surface area contributed by atoms with Crippen molar-refractivity contribution in [2.45, 2.75) is 13.3 Å². The van der Waals surface area contributed by atoms with Crippen LogP contribution in [0.3, 0.4) is 0 Å². The molecule has 0 bridgehead atoms. The molecule has 0 spiro atoms. The number of para-hydroxylation sites is 1. The zero-order valence-corrected chi connectivity index (χ0v) is 14.3. The zero-order valence-electron chi connectivity index (χ0n) is 13.4. The van der Waals surface area contributed by atoms with Crippen molar-refractivity contribution < 1.29 is 17.9 Å². The van der Waals surface area contributed by atoms with Crippen LogP contribution < -0.4 is 13.8 Å². The quantitative estimate of drug-likeness (QED) is 0.919. The van der Waals surface area contributed by atoms with E-state index in [1.54, 1.807) is 24.3 Å². The second-order valence-electron chi connectivity index (χ2n) is 5.57. The van der Waals surface area contributed by atoms with Gasteiger partial charge in [0.15, 0.2) is 0 Å². The highest BCUT2D eigenvalue weighted by Gasteiger charge is 2.30. The minimum absolute atomic E-state index is 0.230. The van der Waals surface area contributed by atoms with Crippen molar-refractivity contribution >= 4 is 21.8 Å². The number of ether oxygens (including phenoxy) is 1. The summed E-state index contributed by atoms with van der Waals surface area (Å²) in [5.74, 6) is -0.149. The number of carbonyl (C=O) groups excluding carboxylic acids is 1. The summed E-state index contributed by atoms with van der Waals surface area (Å²) in [6.07, 6.45) is 0.629. The van der Waals surface area contributed by atoms with Crippen molar-refractivity contribution in [1.82, 2.24) is 4.72 Å². The Morgan fingerprint density at radius 2 is 1.96 bits per heavy atom. The fourth-order valence-electron chi connectivity index (χ4n) is 2.75. The number of amides is 1. The largest absolute Gasteiger partial charge is 0.496 e. The van der Waals surface area contributed by atoms with Crippen LogP contribution in [0.5, 0.6) is 5.75 Å². The number of benzene rings is 2. The number of fused-ring (bicyclic) bond motifs is 1. The van der Waals surface area contributed by atoms with Gasteiger partial charge in [-0.05, 0) is 42.7 Å². The van der Waals surface area contributed by atoms with E-state index in [-0.39, 0.29) is 5.56 Å². The Bertz CT molecular complexity index is 893. The summed E-state index contributed by atoms with van der Waals surface area (Å²) >= 11 is 0. The van der Waals surface area contributed by atoms with E-state index in [0.717, 1.165) is 11.1 Å². The lowest BCUT2D eigenvalue weighted by atomic mass is 10.1. The van der Waals surface area contributed by atoms with Gasteiger partial charge in [0.05, 0.1) is 12.8 Å². The molecule has 7 heteroatoms. The number of carbonyl (C=O) groups is 1. The molecule has 1 aliphatic rings. The van der Waals surface area contributed by atoms with Gasteiger partial charge in [-0.2, -0.15) is 8.42 Å². The van der Waals surface area contributed by atoms with E-state index in [2.05, 4.69) is 4.72 Å². The number of nitrogens with one attached hydrogen (secondary N) is 1. The van der Waals surface area contributed by atoms with E-state index >= 15 is 0 Å². The standard InChI is InChI=1S/C17H18N2O4S/c1-12-7-8-14(11-16(12)23-2)17(20)18-24(21,22)19-10-9-13-5-3-4-6-15(13)19/h3-8,11H,9-10H2,1-2H3,(H,18,20). The van der Waals surface area contributed by atoms with Gasteiger partial charge in [0.25, 0.3) is 5.91 Å². The maximum absolute atomic E-state index is 12.6. The van der Waals surface area contributed by atoms with Gasteiger partial charge in [-0.1, -0.05) is 24.3 Å². The van der Waals surface area contributed by atoms with Gasteiger partial charge in [-0.3, -0.25) is 9.10 Å². The van der Waals surface area contributed by atoms with Gasteiger partial charge in [0.2, 0.25) is 0 Å². The van der Waals surface area contributed by atoms with Gasteiger partial charge >= 0.3 is 10.2 Å². The number of nitrogens with zero attached hydrogens (tertiary/aromatic N) is 1. The highest BCUT2D eigenvalue weighted by Crippen LogP contribution is 2.29. The number of anilines is 1. The fourth-order valence-corrected chi connectivity index (χ4v) is 3.98. The summed E-state index contributed by atoms with van der Waals surface area (Å²) in [5.41, 5.74) is 2.66. The number of hydrogen-bond donors (Lipinski definition) is 1. The van der Waals surface area contributed by atoms with E-state index in [4.69, 9.17) is 4.74 Å². The smallest absolute Gasteiger partial charge is 0.326 e. The molecule has 0 aromatic heterocycles. The second-order valence-corrected chi connectivity index (χ2v) is 7.17. The molecule has 0 radical (unpaired) electrons. The molecule has 6 nitrogen and oxygen atoms in total. The van der Waals surface area contributed by atoms with Crippen molar-refractivity contribution in [2.24, 2.45) is 0 Å². The average molecular weight is 346 g/mol. The molecule has 0 atom stereocenters. The molecule has 3 rings (SSSR count). The van der Waals surface area contributed by atoms with Gasteiger partial charge in [-0.15, -0.1) is 0 Å². The van der Waals surface area contributed by atoms with Gasteiger partial charge in [-0.25, -0.2) is 4.72 Å². The lowest BCUT2D eigenvalue weighted by Gasteiger charge is -2.19. The van der Waals surface area contributed by atoms with Crippen LogP contribution in [-0.2, 0) is 16.6 Å². The fraction of sp³-hybridized carbons (Fsp3) is 0.235. The summed E-state index contributed by atoms with van der Waals surface area (Å²) in [6.45, 7) is 2.16. The van der Waals surface area contributed by atoms with E-state index < -0.39 is 16.1 Å². The molecule has 1 heterocycles. The van der Waals surface area contributed by atoms with Crippen molar-refractivity contribution in [3.8, 4) is 5.75 Å². The van der Waals surface area contributed by atoms with Gasteiger partial charge in [0, 0.05) is 12.1 Å². The first kappa shape index (κ1) is 16.3. The first-order valence-electron chi connectivity index (χ1n) is 7.50. The first-order valence-corrected chi connectivity index (χ1v) is 8.94. The van der Waals surface area contributed by atoms with Crippen molar-refractivity contribution in [3.05, 3.63) is 59.2 Å². The van der Waals surface area contributed by atoms with Crippen molar-refractivity contribution in [1.29, 1.82) is 0 Å². The summed E-state index contributed by atoms with van der Waals surface area (Å²) in [5, 5.41) is 0. The normalized spacial score (nSPS) is 13.5. The van der Waals surface area contributed by atoms with Crippen LogP contribution in [0.4, 0.5) is 5.69 Å². The monoisotopic (exact) mass is 346 g/mol. The van der Waals surface area contributed by atoms with Crippen LogP contribution in [0.2, 0.25) is 0 Å². The highest BCUT2D eigenvalue weighted by molar-refractivity contribution is 7.91. The molecule has 0 unspecified atom stereocenters. The first-order chi connectivity index (χ1) is 11.4. The summed E-state index contributed by atoms with van der Waals surface area (Å²) in [6, 6.07) is 12.1. The molecular formula is C17H18N2O4S. The van der Waals surface area contributed by atoms with Gasteiger partial charge in [0.1, 0.15) is 5.75 Å². The zero-order chi connectivity index (χ0) is 17.3. The molecule has 1 aliphatic heterocycles. The average Bonchev–Trinajstić information content (AvgIpc) is 2.99. The lowest BCUT2D eigenvalue weighted by Crippen LogP contribution is -2.42. The van der Waals surface area contributed by atoms with Gasteiger partial charge < -0.3 is 4.74 Å². The van der Waals surface area contributed by atoms with Crippen LogP contribution >= 0.6 is 0 Å². The molecule has 24 heavy (non-hydrogen) atoms. The molecular weight excluding hydrogens is 328 g/mol. The van der Waals surface area contributed by atoms with E-state index in [9.17, 15) is 13.2 Å². The molecule has 0 saturated carbocycles. The molecule has 1 amide bonds. The molecule has 1 N–H and O–H groups in total. The number of aryl methyl sites for hydroxylation is 1. The Morgan fingerprint density at radius 3 is 2.71 bits per heavy atom. The SMILES string of the molecule is COc1cc(C(=O)NS(=O)(=O)N2CCc3ccccc32)ccc1C. The predicted octanol–water partition coefficient (Wildman–Crippen LogP) is 2.04. The molecule has 0 fully saturated rings. The highest BCUT2D eigenvalue weighted by atomic mass is 32.2. The van der Waals surface area contributed by atoms with Crippen LogP contribution in [-0.4, -0.2) is 28.0 Å². The molecule has 0 aliphatic carbocycles. The van der Waals surface area contributed by atoms with E-state index in [1.807, 2.05) is 19.1 Å². The molecule has 0 saturated heterocycles. The maximum Gasteiger partial charge on any atom is 0.326 e. The maximum atomic E-state index is 12.6. The van der Waals surface area contributed by atoms with E-state index in [0.29, 0.717) is 24.4 Å². The Kier molecular flexibility index (Phi) is 4.19. The summed E-state index contributed by atoms with van der Waals surface area (Å²) in [7, 11) is -2.46. The Hall–Kier alpha value is -2.54. The van der Waals surface area contributed by atoms with Crippen LogP contribution in [0.1, 0.15) is 21.5 Å².